The summed E-state index contributed by atoms with van der Waals surface area (Å²) in [6.07, 6.45) is 7.58. The highest BCUT2D eigenvalue weighted by Gasteiger charge is 2.37. The molecule has 6 nitrogen and oxygen atoms in total. The Labute approximate surface area is 189 Å². The molecule has 32 heavy (non-hydrogen) atoms. The lowest BCUT2D eigenvalue weighted by atomic mass is 9.84. The van der Waals surface area contributed by atoms with Gasteiger partial charge in [-0.1, -0.05) is 54.6 Å². The van der Waals surface area contributed by atoms with Crippen molar-refractivity contribution in [2.24, 2.45) is 7.05 Å². The van der Waals surface area contributed by atoms with Crippen molar-refractivity contribution in [2.75, 3.05) is 6.54 Å². The molecule has 1 unspecified atom stereocenters. The van der Waals surface area contributed by atoms with Crippen LogP contribution in [0.4, 0.5) is 0 Å². The van der Waals surface area contributed by atoms with Crippen LogP contribution in [0, 0.1) is 0 Å². The number of nitrogens with zero attached hydrogens (tertiary/aromatic N) is 2. The molecule has 0 bridgehead atoms. The molecule has 1 fully saturated rings. The van der Waals surface area contributed by atoms with E-state index in [1.165, 1.54) is 16.7 Å². The smallest absolute Gasteiger partial charge is 0.220 e. The molecule has 1 aliphatic heterocycles. The summed E-state index contributed by atoms with van der Waals surface area (Å²) >= 11 is 0. The number of hydrogen-bond donors (Lipinski definition) is 2. The van der Waals surface area contributed by atoms with Gasteiger partial charge in [-0.05, 0) is 47.9 Å². The van der Waals surface area contributed by atoms with Gasteiger partial charge in [-0.25, -0.2) is 0 Å². The molecule has 1 saturated heterocycles. The Kier molecular flexibility index (Phi) is 6.69. The van der Waals surface area contributed by atoms with Crippen molar-refractivity contribution in [3.8, 4) is 11.1 Å². The van der Waals surface area contributed by atoms with E-state index in [0.29, 0.717) is 25.8 Å². The molecule has 1 aliphatic rings. The number of amides is 2. The highest BCUT2D eigenvalue weighted by Crippen LogP contribution is 2.30. The fraction of sp³-hybridized carbons (Fsp3) is 0.346. The van der Waals surface area contributed by atoms with Crippen molar-refractivity contribution in [2.45, 2.75) is 44.1 Å². The summed E-state index contributed by atoms with van der Waals surface area (Å²) in [4.78, 5) is 24.5. The lowest BCUT2D eigenvalue weighted by molar-refractivity contribution is -0.122. The predicted molar refractivity (Wildman–Crippen MR) is 125 cm³/mol. The van der Waals surface area contributed by atoms with E-state index in [2.05, 4.69) is 52.1 Å². The number of aromatic nitrogens is 2. The molecule has 166 valence electrons. The van der Waals surface area contributed by atoms with Gasteiger partial charge in [-0.3, -0.25) is 14.3 Å². The second-order valence-corrected chi connectivity index (χ2v) is 8.69. The van der Waals surface area contributed by atoms with Gasteiger partial charge in [-0.2, -0.15) is 5.10 Å². The minimum atomic E-state index is -0.355. The fourth-order valence-corrected chi connectivity index (χ4v) is 4.41. The zero-order valence-corrected chi connectivity index (χ0v) is 18.5. The lowest BCUT2D eigenvalue weighted by Crippen LogP contribution is -2.44. The van der Waals surface area contributed by atoms with Gasteiger partial charge in [0.15, 0.2) is 0 Å². The molecule has 1 aromatic heterocycles. The van der Waals surface area contributed by atoms with Crippen LogP contribution in [0.25, 0.3) is 11.1 Å². The van der Waals surface area contributed by atoms with E-state index in [1.807, 2.05) is 37.6 Å². The maximum Gasteiger partial charge on any atom is 0.220 e. The van der Waals surface area contributed by atoms with Crippen LogP contribution in [0.2, 0.25) is 0 Å². The zero-order chi connectivity index (χ0) is 22.4. The summed E-state index contributed by atoms with van der Waals surface area (Å²) in [6, 6.07) is 18.8. The first-order valence-corrected chi connectivity index (χ1v) is 11.2. The van der Waals surface area contributed by atoms with Gasteiger partial charge in [0.1, 0.15) is 0 Å². The lowest BCUT2D eigenvalue weighted by Gasteiger charge is -2.29. The molecule has 4 rings (SSSR count). The summed E-state index contributed by atoms with van der Waals surface area (Å²) in [5, 5.41) is 10.3. The van der Waals surface area contributed by atoms with Gasteiger partial charge in [0.05, 0.1) is 6.20 Å². The van der Waals surface area contributed by atoms with Crippen LogP contribution >= 0.6 is 0 Å². The molecule has 2 N–H and O–H groups in total. The number of aryl methyl sites for hydroxylation is 1. The molecule has 3 aromatic rings. The average Bonchev–Trinajstić information content (AvgIpc) is 3.39. The number of carbonyl (C=O) groups is 2. The van der Waals surface area contributed by atoms with Crippen molar-refractivity contribution in [3.05, 3.63) is 78.1 Å². The highest BCUT2D eigenvalue weighted by atomic mass is 16.2. The summed E-state index contributed by atoms with van der Waals surface area (Å²) in [5.74, 6) is 0.0942. The van der Waals surface area contributed by atoms with Crippen molar-refractivity contribution in [3.63, 3.8) is 0 Å². The van der Waals surface area contributed by atoms with E-state index in [0.717, 1.165) is 24.8 Å². The summed E-state index contributed by atoms with van der Waals surface area (Å²) in [5.41, 5.74) is 4.28. The van der Waals surface area contributed by atoms with Crippen LogP contribution < -0.4 is 10.6 Å². The second-order valence-electron chi connectivity index (χ2n) is 8.69. The normalized spacial score (nSPS) is 17.8. The van der Waals surface area contributed by atoms with Crippen LogP contribution in [0.1, 0.15) is 36.8 Å². The third-order valence-corrected chi connectivity index (χ3v) is 6.16. The van der Waals surface area contributed by atoms with E-state index < -0.39 is 0 Å². The standard InChI is InChI=1S/C26H30N4O2/c1-30-19-21(18-28-30)13-16-27-24(31)11-14-26(15-12-25(32)29-26)17-20-7-9-23(10-8-20)22-5-3-2-4-6-22/h2-10,18-19H,11-17H2,1H3,(H,27,31)(H,29,32). The number of rotatable bonds is 9. The number of benzene rings is 2. The Bertz CT molecular complexity index is 1060. The third-order valence-electron chi connectivity index (χ3n) is 6.16. The molecule has 0 spiro atoms. The first-order chi connectivity index (χ1) is 15.5. The maximum atomic E-state index is 12.4. The first kappa shape index (κ1) is 21.8. The number of carbonyl (C=O) groups excluding carboxylic acids is 2. The van der Waals surface area contributed by atoms with Gasteiger partial charge in [0.25, 0.3) is 0 Å². The minimum absolute atomic E-state index is 0.0221. The summed E-state index contributed by atoms with van der Waals surface area (Å²) in [7, 11) is 1.88. The van der Waals surface area contributed by atoms with Gasteiger partial charge in [0, 0.05) is 38.2 Å². The van der Waals surface area contributed by atoms with Gasteiger partial charge < -0.3 is 10.6 Å². The van der Waals surface area contributed by atoms with Crippen LogP contribution in [-0.2, 0) is 29.5 Å². The quantitative estimate of drug-likeness (QED) is 0.546. The monoisotopic (exact) mass is 430 g/mol. The average molecular weight is 431 g/mol. The molecule has 2 heterocycles. The summed E-state index contributed by atoms with van der Waals surface area (Å²) in [6.45, 7) is 0.588. The molecular formula is C26H30N4O2. The van der Waals surface area contributed by atoms with Crippen molar-refractivity contribution in [1.82, 2.24) is 20.4 Å². The first-order valence-electron chi connectivity index (χ1n) is 11.2. The molecule has 0 saturated carbocycles. The van der Waals surface area contributed by atoms with Crippen molar-refractivity contribution in [1.29, 1.82) is 0 Å². The Balaban J connectivity index is 1.33. The largest absolute Gasteiger partial charge is 0.356 e. The molecule has 0 aliphatic carbocycles. The van der Waals surface area contributed by atoms with Crippen molar-refractivity contribution >= 4 is 11.8 Å². The second kappa shape index (κ2) is 9.81. The molecule has 1 atom stereocenters. The van der Waals surface area contributed by atoms with E-state index in [9.17, 15) is 9.59 Å². The SMILES string of the molecule is Cn1cc(CCNC(=O)CCC2(Cc3ccc(-c4ccccc4)cc3)CCC(=O)N2)cn1. The topological polar surface area (TPSA) is 76.0 Å². The van der Waals surface area contributed by atoms with Gasteiger partial charge in [0.2, 0.25) is 11.8 Å². The maximum absolute atomic E-state index is 12.4. The van der Waals surface area contributed by atoms with Crippen molar-refractivity contribution < 1.29 is 9.59 Å². The van der Waals surface area contributed by atoms with E-state index >= 15 is 0 Å². The fourth-order valence-electron chi connectivity index (χ4n) is 4.41. The Morgan fingerprint density at radius 1 is 1.09 bits per heavy atom. The van der Waals surface area contributed by atoms with Crippen LogP contribution in [0.15, 0.2) is 67.0 Å². The predicted octanol–water partition coefficient (Wildman–Crippen LogP) is 3.42. The Morgan fingerprint density at radius 3 is 2.50 bits per heavy atom. The molecule has 6 heteroatoms. The van der Waals surface area contributed by atoms with Gasteiger partial charge >= 0.3 is 0 Å². The number of hydrogen-bond acceptors (Lipinski definition) is 3. The minimum Gasteiger partial charge on any atom is -0.356 e. The highest BCUT2D eigenvalue weighted by molar-refractivity contribution is 5.80. The molecular weight excluding hydrogens is 400 g/mol. The van der Waals surface area contributed by atoms with Crippen LogP contribution in [0.5, 0.6) is 0 Å². The zero-order valence-electron chi connectivity index (χ0n) is 18.5. The third kappa shape index (κ3) is 5.63. The number of nitrogens with one attached hydrogen (secondary N) is 2. The van der Waals surface area contributed by atoms with E-state index in [4.69, 9.17) is 0 Å². The van der Waals surface area contributed by atoms with E-state index in [-0.39, 0.29) is 17.4 Å². The van der Waals surface area contributed by atoms with Crippen LogP contribution in [0.3, 0.4) is 0 Å². The Hall–Kier alpha value is -3.41. The summed E-state index contributed by atoms with van der Waals surface area (Å²) < 4.78 is 1.76. The molecule has 0 radical (unpaired) electrons. The van der Waals surface area contributed by atoms with Gasteiger partial charge in [-0.15, -0.1) is 0 Å². The van der Waals surface area contributed by atoms with E-state index in [1.54, 1.807) is 4.68 Å². The van der Waals surface area contributed by atoms with Crippen LogP contribution in [-0.4, -0.2) is 33.7 Å². The molecule has 2 aromatic carbocycles. The Morgan fingerprint density at radius 2 is 1.84 bits per heavy atom. The molecule has 2 amide bonds.